The van der Waals surface area contributed by atoms with Gasteiger partial charge in [-0.1, -0.05) is 17.7 Å². The molecule has 0 heterocycles. The molecule has 2 aromatic carbocycles. The molecule has 0 spiro atoms. The number of rotatable bonds is 5. The Labute approximate surface area is 133 Å². The van der Waals surface area contributed by atoms with Crippen LogP contribution in [0.3, 0.4) is 0 Å². The number of hydrogen-bond acceptors (Lipinski definition) is 3. The molecule has 0 aromatic heterocycles. The van der Waals surface area contributed by atoms with Crippen LogP contribution in [0.25, 0.3) is 0 Å². The van der Waals surface area contributed by atoms with E-state index in [1.54, 1.807) is 14.0 Å². The summed E-state index contributed by atoms with van der Waals surface area (Å²) in [5.74, 6) is 1.50. The number of hydrogen-bond donors (Lipinski definition) is 1. The van der Waals surface area contributed by atoms with E-state index in [-0.39, 0.29) is 0 Å². The fraction of sp³-hybridized carbons (Fsp3) is 0.294. The van der Waals surface area contributed by atoms with Crippen molar-refractivity contribution >= 4 is 15.9 Å². The summed E-state index contributed by atoms with van der Waals surface area (Å²) in [6, 6.07) is 11.6. The molecule has 0 radical (unpaired) electrons. The van der Waals surface area contributed by atoms with Crippen molar-refractivity contribution in [1.82, 2.24) is 0 Å². The molecule has 0 amide bonds. The van der Waals surface area contributed by atoms with Gasteiger partial charge in [0.1, 0.15) is 18.1 Å². The van der Waals surface area contributed by atoms with E-state index in [0.29, 0.717) is 12.4 Å². The van der Waals surface area contributed by atoms with Crippen molar-refractivity contribution in [3.05, 3.63) is 57.6 Å². The zero-order valence-corrected chi connectivity index (χ0v) is 14.0. The fourth-order valence-corrected chi connectivity index (χ4v) is 2.67. The van der Waals surface area contributed by atoms with E-state index < -0.39 is 6.10 Å². The van der Waals surface area contributed by atoms with Gasteiger partial charge in [0.15, 0.2) is 0 Å². The lowest BCUT2D eigenvalue weighted by Gasteiger charge is -2.15. The molecule has 0 fully saturated rings. The van der Waals surface area contributed by atoms with Crippen molar-refractivity contribution in [2.45, 2.75) is 26.6 Å². The van der Waals surface area contributed by atoms with Crippen LogP contribution in [0.2, 0.25) is 0 Å². The predicted octanol–water partition coefficient (Wildman–Crippen LogP) is 4.40. The first kappa shape index (κ1) is 15.9. The first-order valence-corrected chi connectivity index (χ1v) is 7.54. The molecule has 4 heteroatoms. The third kappa shape index (κ3) is 3.99. The van der Waals surface area contributed by atoms with Crippen molar-refractivity contribution in [1.29, 1.82) is 0 Å². The van der Waals surface area contributed by atoms with Crippen LogP contribution in [0.5, 0.6) is 11.5 Å². The molecule has 0 aliphatic rings. The molecule has 1 atom stereocenters. The molecule has 21 heavy (non-hydrogen) atoms. The van der Waals surface area contributed by atoms with E-state index >= 15 is 0 Å². The van der Waals surface area contributed by atoms with E-state index in [2.05, 4.69) is 15.9 Å². The molecule has 0 saturated carbocycles. The monoisotopic (exact) mass is 350 g/mol. The van der Waals surface area contributed by atoms with E-state index in [0.717, 1.165) is 26.9 Å². The van der Waals surface area contributed by atoms with E-state index in [9.17, 15) is 5.11 Å². The Balaban J connectivity index is 2.15. The second-order valence-corrected chi connectivity index (χ2v) is 5.83. The minimum Gasteiger partial charge on any atom is -0.496 e. The molecular formula is C17H19BrO3. The highest BCUT2D eigenvalue weighted by atomic mass is 79.9. The number of aliphatic hydroxyl groups excluding tert-OH is 1. The average Bonchev–Trinajstić information content (AvgIpc) is 2.46. The summed E-state index contributed by atoms with van der Waals surface area (Å²) in [6.07, 6.45) is -0.553. The highest BCUT2D eigenvalue weighted by molar-refractivity contribution is 9.10. The number of methoxy groups -OCH3 is 1. The van der Waals surface area contributed by atoms with Crippen LogP contribution >= 0.6 is 15.9 Å². The number of halogens is 1. The third-order valence-corrected chi connectivity index (χ3v) is 3.85. The molecule has 112 valence electrons. The van der Waals surface area contributed by atoms with Gasteiger partial charge in [-0.15, -0.1) is 0 Å². The molecule has 1 N–H and O–H groups in total. The van der Waals surface area contributed by atoms with E-state index in [4.69, 9.17) is 9.47 Å². The molecular weight excluding hydrogens is 332 g/mol. The Hall–Kier alpha value is -1.52. The van der Waals surface area contributed by atoms with Gasteiger partial charge in [0.25, 0.3) is 0 Å². The maximum Gasteiger partial charge on any atom is 0.133 e. The molecule has 0 aliphatic carbocycles. The highest BCUT2D eigenvalue weighted by Crippen LogP contribution is 2.29. The maximum atomic E-state index is 9.83. The van der Waals surface area contributed by atoms with Gasteiger partial charge < -0.3 is 14.6 Å². The Morgan fingerprint density at radius 1 is 1.14 bits per heavy atom. The SMILES string of the molecule is COc1ccc(COc2ccc(C)cc2[C@@H](C)O)cc1Br. The van der Waals surface area contributed by atoms with Crippen LogP contribution in [-0.2, 0) is 6.61 Å². The fourth-order valence-electron chi connectivity index (χ4n) is 2.09. The standard InChI is InChI=1S/C17H19BrO3/c1-11-4-6-16(14(8-11)12(2)19)21-10-13-5-7-17(20-3)15(18)9-13/h4-9,12,19H,10H2,1-3H3/t12-/m1/s1. The molecule has 0 unspecified atom stereocenters. The first-order chi connectivity index (χ1) is 10.0. The lowest BCUT2D eigenvalue weighted by Crippen LogP contribution is -2.01. The average molecular weight is 351 g/mol. The van der Waals surface area contributed by atoms with Gasteiger partial charge in [-0.3, -0.25) is 0 Å². The summed E-state index contributed by atoms with van der Waals surface area (Å²) in [5, 5.41) is 9.83. The number of aliphatic hydroxyl groups is 1. The quantitative estimate of drug-likeness (QED) is 0.868. The van der Waals surface area contributed by atoms with Gasteiger partial charge in [-0.2, -0.15) is 0 Å². The Morgan fingerprint density at radius 3 is 2.48 bits per heavy atom. The summed E-state index contributed by atoms with van der Waals surface area (Å²) in [6.45, 7) is 4.17. The summed E-state index contributed by atoms with van der Waals surface area (Å²) >= 11 is 3.46. The number of ether oxygens (including phenoxy) is 2. The van der Waals surface area contributed by atoms with Gasteiger partial charge in [0.05, 0.1) is 17.7 Å². The summed E-state index contributed by atoms with van der Waals surface area (Å²) in [5.41, 5.74) is 2.94. The van der Waals surface area contributed by atoms with Gasteiger partial charge in [0.2, 0.25) is 0 Å². The van der Waals surface area contributed by atoms with Crippen molar-refractivity contribution in [2.24, 2.45) is 0 Å². The molecule has 2 aromatic rings. The summed E-state index contributed by atoms with van der Waals surface area (Å²) < 4.78 is 11.9. The predicted molar refractivity (Wildman–Crippen MR) is 86.8 cm³/mol. The molecule has 0 aliphatic heterocycles. The zero-order valence-electron chi connectivity index (χ0n) is 12.4. The second-order valence-electron chi connectivity index (χ2n) is 4.97. The van der Waals surface area contributed by atoms with Crippen molar-refractivity contribution in [2.75, 3.05) is 7.11 Å². The van der Waals surface area contributed by atoms with Crippen LogP contribution in [0, 0.1) is 6.92 Å². The van der Waals surface area contributed by atoms with Gasteiger partial charge in [-0.05, 0) is 59.6 Å². The van der Waals surface area contributed by atoms with Crippen molar-refractivity contribution < 1.29 is 14.6 Å². The second kappa shape index (κ2) is 6.96. The van der Waals surface area contributed by atoms with Crippen LogP contribution in [0.1, 0.15) is 29.7 Å². The lowest BCUT2D eigenvalue weighted by atomic mass is 10.1. The normalized spacial score (nSPS) is 12.0. The van der Waals surface area contributed by atoms with Crippen molar-refractivity contribution in [3.63, 3.8) is 0 Å². The lowest BCUT2D eigenvalue weighted by molar-refractivity contribution is 0.190. The van der Waals surface area contributed by atoms with Crippen molar-refractivity contribution in [3.8, 4) is 11.5 Å². The topological polar surface area (TPSA) is 38.7 Å². The van der Waals surface area contributed by atoms with Crippen LogP contribution in [0.4, 0.5) is 0 Å². The third-order valence-electron chi connectivity index (χ3n) is 3.23. The zero-order chi connectivity index (χ0) is 15.4. The van der Waals surface area contributed by atoms with Gasteiger partial charge in [-0.25, -0.2) is 0 Å². The summed E-state index contributed by atoms with van der Waals surface area (Å²) in [7, 11) is 1.64. The Bertz CT molecular complexity index is 623. The van der Waals surface area contributed by atoms with Gasteiger partial charge >= 0.3 is 0 Å². The highest BCUT2D eigenvalue weighted by Gasteiger charge is 2.10. The van der Waals surface area contributed by atoms with Crippen LogP contribution in [-0.4, -0.2) is 12.2 Å². The molecule has 0 saturated heterocycles. The Kier molecular flexibility index (Phi) is 5.26. The van der Waals surface area contributed by atoms with Crippen LogP contribution in [0.15, 0.2) is 40.9 Å². The van der Waals surface area contributed by atoms with E-state index in [1.165, 1.54) is 0 Å². The van der Waals surface area contributed by atoms with Crippen LogP contribution < -0.4 is 9.47 Å². The summed E-state index contributed by atoms with van der Waals surface area (Å²) in [4.78, 5) is 0. The number of aryl methyl sites for hydroxylation is 1. The molecule has 0 bridgehead atoms. The maximum absolute atomic E-state index is 9.83. The number of benzene rings is 2. The largest absolute Gasteiger partial charge is 0.496 e. The van der Waals surface area contributed by atoms with E-state index in [1.807, 2.05) is 43.3 Å². The molecule has 3 nitrogen and oxygen atoms in total. The molecule has 2 rings (SSSR count). The smallest absolute Gasteiger partial charge is 0.133 e. The minimum absolute atomic E-state index is 0.436. The first-order valence-electron chi connectivity index (χ1n) is 6.75. The minimum atomic E-state index is -0.553. The Morgan fingerprint density at radius 2 is 1.86 bits per heavy atom. The van der Waals surface area contributed by atoms with Gasteiger partial charge in [0, 0.05) is 5.56 Å².